The van der Waals surface area contributed by atoms with E-state index >= 15 is 0 Å². The Bertz CT molecular complexity index is 483. The summed E-state index contributed by atoms with van der Waals surface area (Å²) in [5, 5.41) is 8.27. The predicted octanol–water partition coefficient (Wildman–Crippen LogP) is 1.54. The van der Waals surface area contributed by atoms with Gasteiger partial charge < -0.3 is 10.1 Å². The molecule has 20 heavy (non-hydrogen) atoms. The molecule has 0 atom stereocenters. The van der Waals surface area contributed by atoms with Gasteiger partial charge in [0, 0.05) is 12.6 Å². The lowest BCUT2D eigenvalue weighted by molar-refractivity contribution is -0.143. The van der Waals surface area contributed by atoms with E-state index in [4.69, 9.17) is 4.74 Å². The molecule has 0 saturated carbocycles. The van der Waals surface area contributed by atoms with Crippen molar-refractivity contribution in [3.63, 3.8) is 0 Å². The van der Waals surface area contributed by atoms with Crippen LogP contribution in [-0.2, 0) is 14.3 Å². The zero-order chi connectivity index (χ0) is 14.8. The third-order valence-corrected chi connectivity index (χ3v) is 2.79. The summed E-state index contributed by atoms with van der Waals surface area (Å²) in [4.78, 5) is 33.7. The van der Waals surface area contributed by atoms with Crippen LogP contribution in [0, 0.1) is 0 Å². The van der Waals surface area contributed by atoms with E-state index in [0.717, 1.165) is 12.0 Å². The predicted molar refractivity (Wildman–Crippen MR) is 76.1 cm³/mol. The Morgan fingerprint density at radius 3 is 2.85 bits per heavy atom. The molecule has 6 nitrogen and oxygen atoms in total. The lowest BCUT2D eigenvalue weighted by atomic mass is 10.3. The summed E-state index contributed by atoms with van der Waals surface area (Å²) >= 11 is 1.51. The number of carbonyl (C=O) groups is 3. The van der Waals surface area contributed by atoms with Gasteiger partial charge in [0.1, 0.15) is 0 Å². The number of hydrogen-bond acceptors (Lipinski definition) is 5. The molecule has 0 aliphatic heterocycles. The van der Waals surface area contributed by atoms with Gasteiger partial charge in [-0.05, 0) is 34.9 Å². The van der Waals surface area contributed by atoms with Gasteiger partial charge in [0.05, 0.1) is 0 Å². The average Bonchev–Trinajstić information content (AvgIpc) is 2.93. The first kappa shape index (κ1) is 15.9. The van der Waals surface area contributed by atoms with Crippen LogP contribution in [0.25, 0.3) is 6.08 Å². The molecular formula is C13H16N2O4S. The third kappa shape index (κ3) is 6.69. The standard InChI is InChI=1S/C13H16N2O4S/c1-2-6-14-13(18)15-11(16)8-19-12(17)4-3-10-5-7-20-9-10/h3-5,7,9H,2,6,8H2,1H3,(H2,14,15,16,18)/b4-3+. The Kier molecular flexibility index (Phi) is 7.05. The summed E-state index contributed by atoms with van der Waals surface area (Å²) in [5.74, 6) is -1.31. The van der Waals surface area contributed by atoms with Crippen molar-refractivity contribution in [3.8, 4) is 0 Å². The summed E-state index contributed by atoms with van der Waals surface area (Å²) in [5.41, 5.74) is 0.885. The van der Waals surface area contributed by atoms with Gasteiger partial charge in [-0.3, -0.25) is 10.1 Å². The molecule has 0 aliphatic carbocycles. The maximum Gasteiger partial charge on any atom is 0.331 e. The van der Waals surface area contributed by atoms with Gasteiger partial charge in [0.2, 0.25) is 0 Å². The van der Waals surface area contributed by atoms with Crippen molar-refractivity contribution in [1.82, 2.24) is 10.6 Å². The van der Waals surface area contributed by atoms with Gasteiger partial charge in [0.15, 0.2) is 6.61 Å². The summed E-state index contributed by atoms with van der Waals surface area (Å²) < 4.78 is 4.69. The van der Waals surface area contributed by atoms with Crippen molar-refractivity contribution in [3.05, 3.63) is 28.5 Å². The molecule has 0 unspecified atom stereocenters. The molecule has 3 amide bonds. The molecule has 1 aromatic rings. The van der Waals surface area contributed by atoms with Crippen LogP contribution in [0.3, 0.4) is 0 Å². The number of rotatable bonds is 6. The van der Waals surface area contributed by atoms with Crippen molar-refractivity contribution < 1.29 is 19.1 Å². The lowest BCUT2D eigenvalue weighted by Crippen LogP contribution is -2.41. The molecule has 0 bridgehead atoms. The number of ether oxygens (including phenoxy) is 1. The van der Waals surface area contributed by atoms with E-state index in [1.165, 1.54) is 17.4 Å². The molecule has 1 aromatic heterocycles. The maximum atomic E-state index is 11.3. The number of esters is 1. The van der Waals surface area contributed by atoms with Crippen LogP contribution in [0.4, 0.5) is 4.79 Å². The molecule has 7 heteroatoms. The molecular weight excluding hydrogens is 280 g/mol. The van der Waals surface area contributed by atoms with E-state index in [9.17, 15) is 14.4 Å². The quantitative estimate of drug-likeness (QED) is 0.616. The van der Waals surface area contributed by atoms with Gasteiger partial charge in [-0.2, -0.15) is 11.3 Å². The Morgan fingerprint density at radius 2 is 2.20 bits per heavy atom. The van der Waals surface area contributed by atoms with E-state index in [1.807, 2.05) is 23.8 Å². The van der Waals surface area contributed by atoms with E-state index in [-0.39, 0.29) is 0 Å². The molecule has 0 aromatic carbocycles. The average molecular weight is 296 g/mol. The molecule has 1 rings (SSSR count). The Hall–Kier alpha value is -2.15. The van der Waals surface area contributed by atoms with Crippen molar-refractivity contribution in [2.24, 2.45) is 0 Å². The van der Waals surface area contributed by atoms with Crippen LogP contribution >= 0.6 is 11.3 Å². The zero-order valence-electron chi connectivity index (χ0n) is 11.0. The third-order valence-electron chi connectivity index (χ3n) is 2.09. The summed E-state index contributed by atoms with van der Waals surface area (Å²) in [6, 6.07) is 1.25. The van der Waals surface area contributed by atoms with Crippen molar-refractivity contribution in [2.75, 3.05) is 13.2 Å². The van der Waals surface area contributed by atoms with E-state index < -0.39 is 24.5 Å². The van der Waals surface area contributed by atoms with Gasteiger partial charge >= 0.3 is 12.0 Å². The zero-order valence-corrected chi connectivity index (χ0v) is 11.9. The van der Waals surface area contributed by atoms with Gasteiger partial charge in [-0.15, -0.1) is 0 Å². The van der Waals surface area contributed by atoms with Crippen LogP contribution in [0.15, 0.2) is 22.9 Å². The fourth-order valence-electron chi connectivity index (χ4n) is 1.16. The number of nitrogens with one attached hydrogen (secondary N) is 2. The fourth-order valence-corrected chi connectivity index (χ4v) is 1.79. The highest BCUT2D eigenvalue weighted by Crippen LogP contribution is 2.07. The first-order valence-corrected chi connectivity index (χ1v) is 7.00. The van der Waals surface area contributed by atoms with E-state index in [2.05, 4.69) is 10.6 Å². The number of carbonyl (C=O) groups excluding carboxylic acids is 3. The number of thiophene rings is 1. The second kappa shape index (κ2) is 8.87. The monoisotopic (exact) mass is 296 g/mol. The number of hydrogen-bond donors (Lipinski definition) is 2. The van der Waals surface area contributed by atoms with E-state index in [0.29, 0.717) is 6.54 Å². The van der Waals surface area contributed by atoms with Crippen molar-refractivity contribution >= 4 is 35.3 Å². The molecule has 2 N–H and O–H groups in total. The van der Waals surface area contributed by atoms with Gasteiger partial charge in [-0.25, -0.2) is 9.59 Å². The van der Waals surface area contributed by atoms with Gasteiger partial charge in [0.25, 0.3) is 5.91 Å². The first-order chi connectivity index (χ1) is 9.61. The van der Waals surface area contributed by atoms with Crippen LogP contribution in [0.5, 0.6) is 0 Å². The van der Waals surface area contributed by atoms with Crippen molar-refractivity contribution in [2.45, 2.75) is 13.3 Å². The highest BCUT2D eigenvalue weighted by atomic mass is 32.1. The molecule has 0 fully saturated rings. The van der Waals surface area contributed by atoms with Gasteiger partial charge in [-0.1, -0.05) is 6.92 Å². The molecule has 1 heterocycles. The first-order valence-electron chi connectivity index (χ1n) is 6.06. The SMILES string of the molecule is CCCNC(=O)NC(=O)COC(=O)/C=C/c1ccsc1. The second-order valence-electron chi connectivity index (χ2n) is 3.80. The summed E-state index contributed by atoms with van der Waals surface area (Å²) in [7, 11) is 0. The smallest absolute Gasteiger partial charge is 0.331 e. The normalized spacial score (nSPS) is 10.2. The highest BCUT2D eigenvalue weighted by molar-refractivity contribution is 7.08. The highest BCUT2D eigenvalue weighted by Gasteiger charge is 2.08. The minimum Gasteiger partial charge on any atom is -0.452 e. The lowest BCUT2D eigenvalue weighted by Gasteiger charge is -2.05. The minimum absolute atomic E-state index is 0.474. The maximum absolute atomic E-state index is 11.3. The number of imide groups is 1. The Labute approximate surface area is 120 Å². The Morgan fingerprint density at radius 1 is 1.40 bits per heavy atom. The minimum atomic E-state index is -0.670. The molecule has 108 valence electrons. The Balaban J connectivity index is 2.23. The molecule has 0 radical (unpaired) electrons. The molecule has 0 saturated heterocycles. The van der Waals surface area contributed by atoms with E-state index in [1.54, 1.807) is 6.08 Å². The fraction of sp³-hybridized carbons (Fsp3) is 0.308. The number of urea groups is 1. The summed E-state index contributed by atoms with van der Waals surface area (Å²) in [6.07, 6.45) is 3.58. The second-order valence-corrected chi connectivity index (χ2v) is 4.58. The van der Waals surface area contributed by atoms with Crippen LogP contribution in [0.1, 0.15) is 18.9 Å². The summed E-state index contributed by atoms with van der Waals surface area (Å²) in [6.45, 7) is 1.87. The van der Waals surface area contributed by atoms with Crippen molar-refractivity contribution in [1.29, 1.82) is 0 Å². The van der Waals surface area contributed by atoms with Crippen LogP contribution in [-0.4, -0.2) is 31.1 Å². The molecule has 0 aliphatic rings. The van der Waals surface area contributed by atoms with Crippen LogP contribution in [0.2, 0.25) is 0 Å². The molecule has 0 spiro atoms. The largest absolute Gasteiger partial charge is 0.452 e. The van der Waals surface area contributed by atoms with Crippen LogP contribution < -0.4 is 10.6 Å². The number of amides is 3. The topological polar surface area (TPSA) is 84.5 Å².